The SMILES string of the molecule is CCN(CC(=O)O)C1CC(NC(=O)N2CC(C(C)(C)O)C2)C1. The number of hydrogen-bond acceptors (Lipinski definition) is 4. The van der Waals surface area contributed by atoms with E-state index < -0.39 is 11.6 Å². The molecular weight excluding hydrogens is 286 g/mol. The number of nitrogens with one attached hydrogen (secondary N) is 1. The van der Waals surface area contributed by atoms with Gasteiger partial charge >= 0.3 is 12.0 Å². The Labute approximate surface area is 131 Å². The number of amides is 2. The number of nitrogens with zero attached hydrogens (tertiary/aromatic N) is 2. The first-order valence-electron chi connectivity index (χ1n) is 7.94. The maximum atomic E-state index is 12.1. The normalized spacial score (nSPS) is 25.6. The molecule has 1 heterocycles. The molecule has 7 nitrogen and oxygen atoms in total. The van der Waals surface area contributed by atoms with Crippen molar-refractivity contribution in [2.75, 3.05) is 26.2 Å². The van der Waals surface area contributed by atoms with E-state index in [4.69, 9.17) is 5.11 Å². The van der Waals surface area contributed by atoms with Gasteiger partial charge in [0.05, 0.1) is 12.1 Å². The molecule has 0 aromatic heterocycles. The fraction of sp³-hybridized carbons (Fsp3) is 0.867. The van der Waals surface area contributed by atoms with Crippen LogP contribution in [0.15, 0.2) is 0 Å². The molecule has 0 aromatic rings. The Morgan fingerprint density at radius 3 is 2.36 bits per heavy atom. The summed E-state index contributed by atoms with van der Waals surface area (Å²) in [5.41, 5.74) is -0.739. The lowest BCUT2D eigenvalue weighted by atomic mass is 9.84. The van der Waals surface area contributed by atoms with Gasteiger partial charge in [0, 0.05) is 31.1 Å². The largest absolute Gasteiger partial charge is 0.480 e. The molecule has 126 valence electrons. The molecule has 1 aliphatic heterocycles. The summed E-state index contributed by atoms with van der Waals surface area (Å²) < 4.78 is 0. The van der Waals surface area contributed by atoms with Gasteiger partial charge in [-0.3, -0.25) is 9.69 Å². The maximum Gasteiger partial charge on any atom is 0.317 e. The van der Waals surface area contributed by atoms with Crippen LogP contribution in [0.2, 0.25) is 0 Å². The predicted octanol–water partition coefficient (Wildman–Crippen LogP) is 0.336. The molecule has 22 heavy (non-hydrogen) atoms. The highest BCUT2D eigenvalue weighted by atomic mass is 16.4. The van der Waals surface area contributed by atoms with Crippen LogP contribution in [0.3, 0.4) is 0 Å². The second-order valence-corrected chi connectivity index (χ2v) is 6.98. The third kappa shape index (κ3) is 3.89. The van der Waals surface area contributed by atoms with Crippen molar-refractivity contribution in [3.8, 4) is 0 Å². The van der Waals surface area contributed by atoms with Crippen LogP contribution in [0.5, 0.6) is 0 Å². The van der Waals surface area contributed by atoms with Crippen molar-refractivity contribution in [3.63, 3.8) is 0 Å². The van der Waals surface area contributed by atoms with Crippen molar-refractivity contribution in [2.45, 2.75) is 51.3 Å². The molecule has 7 heteroatoms. The van der Waals surface area contributed by atoms with Crippen LogP contribution in [0.25, 0.3) is 0 Å². The third-order valence-corrected chi connectivity index (χ3v) is 4.87. The van der Waals surface area contributed by atoms with E-state index in [1.54, 1.807) is 18.7 Å². The number of hydrogen-bond donors (Lipinski definition) is 3. The summed E-state index contributed by atoms with van der Waals surface area (Å²) in [5.74, 6) is -0.675. The van der Waals surface area contributed by atoms with Gasteiger partial charge in [0.1, 0.15) is 0 Å². The number of carboxylic acids is 1. The Kier molecular flexibility index (Phi) is 4.97. The number of urea groups is 1. The number of rotatable bonds is 6. The topological polar surface area (TPSA) is 93.1 Å². The molecule has 1 aliphatic carbocycles. The van der Waals surface area contributed by atoms with Crippen LogP contribution in [0.4, 0.5) is 4.79 Å². The van der Waals surface area contributed by atoms with Gasteiger partial charge in [0.25, 0.3) is 0 Å². The quantitative estimate of drug-likeness (QED) is 0.657. The second kappa shape index (κ2) is 6.42. The fourth-order valence-electron chi connectivity index (χ4n) is 3.03. The fourth-order valence-corrected chi connectivity index (χ4v) is 3.03. The number of aliphatic hydroxyl groups is 1. The summed E-state index contributed by atoms with van der Waals surface area (Å²) in [6.07, 6.45) is 1.60. The summed E-state index contributed by atoms with van der Waals surface area (Å²) in [7, 11) is 0. The van der Waals surface area contributed by atoms with Crippen LogP contribution >= 0.6 is 0 Å². The lowest BCUT2D eigenvalue weighted by molar-refractivity contribution is -0.139. The zero-order valence-corrected chi connectivity index (χ0v) is 13.6. The van der Waals surface area contributed by atoms with Crippen LogP contribution in [-0.4, -0.2) is 75.9 Å². The molecule has 2 rings (SSSR count). The molecule has 1 saturated heterocycles. The third-order valence-electron chi connectivity index (χ3n) is 4.87. The van der Waals surface area contributed by atoms with Gasteiger partial charge < -0.3 is 20.4 Å². The van der Waals surface area contributed by atoms with E-state index in [9.17, 15) is 14.7 Å². The molecule has 0 spiro atoms. The number of aliphatic carboxylic acids is 1. The van der Waals surface area contributed by atoms with Gasteiger partial charge in [-0.05, 0) is 33.2 Å². The Balaban J connectivity index is 1.68. The molecule has 1 saturated carbocycles. The van der Waals surface area contributed by atoms with Crippen LogP contribution in [0.1, 0.15) is 33.6 Å². The zero-order chi connectivity index (χ0) is 16.5. The lowest BCUT2D eigenvalue weighted by Crippen LogP contribution is -2.63. The average molecular weight is 313 g/mol. The highest BCUT2D eigenvalue weighted by Gasteiger charge is 2.41. The number of carbonyl (C=O) groups excluding carboxylic acids is 1. The summed E-state index contributed by atoms with van der Waals surface area (Å²) in [6.45, 7) is 7.43. The molecule has 2 aliphatic rings. The van der Waals surface area contributed by atoms with E-state index in [0.717, 1.165) is 12.8 Å². The molecule has 3 N–H and O–H groups in total. The van der Waals surface area contributed by atoms with E-state index in [0.29, 0.717) is 19.6 Å². The van der Waals surface area contributed by atoms with Crippen molar-refractivity contribution in [2.24, 2.45) is 5.92 Å². The summed E-state index contributed by atoms with van der Waals surface area (Å²) in [6, 6.07) is 0.290. The minimum Gasteiger partial charge on any atom is -0.480 e. The molecular formula is C15H27N3O4. The van der Waals surface area contributed by atoms with Gasteiger partial charge in [0.2, 0.25) is 0 Å². The summed E-state index contributed by atoms with van der Waals surface area (Å²) in [5, 5.41) is 21.7. The van der Waals surface area contributed by atoms with Crippen LogP contribution < -0.4 is 5.32 Å². The van der Waals surface area contributed by atoms with Gasteiger partial charge in [-0.25, -0.2) is 4.79 Å². The van der Waals surface area contributed by atoms with Gasteiger partial charge in [0.15, 0.2) is 0 Å². The summed E-state index contributed by atoms with van der Waals surface area (Å²) >= 11 is 0. The van der Waals surface area contributed by atoms with E-state index in [1.807, 2.05) is 11.8 Å². The first-order valence-corrected chi connectivity index (χ1v) is 7.94. The molecule has 0 unspecified atom stereocenters. The first kappa shape index (κ1) is 17.0. The predicted molar refractivity (Wildman–Crippen MR) is 81.6 cm³/mol. The standard InChI is InChI=1S/C15H27N3O4/c1-4-17(9-13(19)20)12-5-11(6-12)16-14(21)18-7-10(8-18)15(2,3)22/h10-12,22H,4-9H2,1-3H3,(H,16,21)(H,19,20). The van der Waals surface area contributed by atoms with E-state index in [1.165, 1.54) is 0 Å². The number of likely N-dealkylation sites (tertiary alicyclic amines) is 1. The maximum absolute atomic E-state index is 12.1. The highest BCUT2D eigenvalue weighted by Crippen LogP contribution is 2.29. The van der Waals surface area contributed by atoms with E-state index in [2.05, 4.69) is 5.32 Å². The number of carboxylic acid groups (broad SMARTS) is 1. The van der Waals surface area contributed by atoms with Crippen LogP contribution in [0, 0.1) is 5.92 Å². The van der Waals surface area contributed by atoms with Crippen molar-refractivity contribution >= 4 is 12.0 Å². The Morgan fingerprint density at radius 1 is 1.32 bits per heavy atom. The Morgan fingerprint density at radius 2 is 1.91 bits per heavy atom. The van der Waals surface area contributed by atoms with Crippen molar-refractivity contribution in [3.05, 3.63) is 0 Å². The highest BCUT2D eigenvalue weighted by molar-refractivity contribution is 5.75. The smallest absolute Gasteiger partial charge is 0.317 e. The molecule has 2 amide bonds. The molecule has 2 fully saturated rings. The zero-order valence-electron chi connectivity index (χ0n) is 13.6. The average Bonchev–Trinajstić information content (AvgIpc) is 2.26. The van der Waals surface area contributed by atoms with Crippen LogP contribution in [-0.2, 0) is 4.79 Å². The lowest BCUT2D eigenvalue weighted by Gasteiger charge is -2.47. The van der Waals surface area contributed by atoms with Crippen molar-refractivity contribution < 1.29 is 19.8 Å². The second-order valence-electron chi connectivity index (χ2n) is 6.98. The molecule has 0 radical (unpaired) electrons. The van der Waals surface area contributed by atoms with Gasteiger partial charge in [-0.2, -0.15) is 0 Å². The minimum absolute atomic E-state index is 0.0568. The molecule has 0 atom stereocenters. The monoisotopic (exact) mass is 313 g/mol. The molecule has 0 aromatic carbocycles. The van der Waals surface area contributed by atoms with Crippen molar-refractivity contribution in [1.82, 2.24) is 15.1 Å². The van der Waals surface area contributed by atoms with Gasteiger partial charge in [-0.1, -0.05) is 6.92 Å². The number of carbonyl (C=O) groups is 2. The summed E-state index contributed by atoms with van der Waals surface area (Å²) in [4.78, 5) is 26.5. The first-order chi connectivity index (χ1) is 10.2. The van der Waals surface area contributed by atoms with Gasteiger partial charge in [-0.15, -0.1) is 0 Å². The van der Waals surface area contributed by atoms with E-state index >= 15 is 0 Å². The Hall–Kier alpha value is -1.34. The Bertz CT molecular complexity index is 423. The van der Waals surface area contributed by atoms with Crippen molar-refractivity contribution in [1.29, 1.82) is 0 Å². The molecule has 0 bridgehead atoms. The minimum atomic E-state index is -0.812. The number of likely N-dealkylation sites (N-methyl/N-ethyl adjacent to an activating group) is 1. The van der Waals surface area contributed by atoms with E-state index in [-0.39, 0.29) is 30.6 Å².